The minimum absolute atomic E-state index is 0.106. The summed E-state index contributed by atoms with van der Waals surface area (Å²) in [6.07, 6.45) is 2.97. The minimum Gasteiger partial charge on any atom is -0.485 e. The molecule has 9 nitrogen and oxygen atoms in total. The third kappa shape index (κ3) is 6.19. The van der Waals surface area contributed by atoms with E-state index >= 15 is 0 Å². The van der Waals surface area contributed by atoms with Crippen molar-refractivity contribution in [1.29, 1.82) is 0 Å². The summed E-state index contributed by atoms with van der Waals surface area (Å²) in [6.45, 7) is 2.74. The maximum Gasteiger partial charge on any atom is 0.272 e. The Labute approximate surface area is 279 Å². The number of ether oxygens (including phenoxy) is 2. The molecule has 1 saturated heterocycles. The maximum atomic E-state index is 14.1. The van der Waals surface area contributed by atoms with Crippen molar-refractivity contribution in [3.8, 4) is 22.9 Å². The van der Waals surface area contributed by atoms with Crippen LogP contribution in [0, 0.1) is 24.6 Å². The zero-order valence-electron chi connectivity index (χ0n) is 26.4. The summed E-state index contributed by atoms with van der Waals surface area (Å²) in [5, 5.41) is 5.05. The molecule has 0 spiro atoms. The van der Waals surface area contributed by atoms with Crippen molar-refractivity contribution in [2.75, 3.05) is 36.6 Å². The number of fused-ring (bicyclic) bond motifs is 2. The molecule has 2 atom stereocenters. The highest BCUT2D eigenvalue weighted by Gasteiger charge is 2.41. The number of anilines is 2. The van der Waals surface area contributed by atoms with E-state index in [0.717, 1.165) is 37.2 Å². The summed E-state index contributed by atoms with van der Waals surface area (Å²) in [6, 6.07) is 17.0. The van der Waals surface area contributed by atoms with Crippen LogP contribution in [0.2, 0.25) is 0 Å². The highest BCUT2D eigenvalue weighted by atomic mass is 32.2. The van der Waals surface area contributed by atoms with Crippen molar-refractivity contribution in [2.24, 2.45) is 11.8 Å². The van der Waals surface area contributed by atoms with Crippen LogP contribution in [-0.4, -0.2) is 59.0 Å². The lowest BCUT2D eigenvalue weighted by Crippen LogP contribution is -2.26. The number of halogens is 3. The molecule has 2 unspecified atom stereocenters. The van der Waals surface area contributed by atoms with Gasteiger partial charge in [-0.05, 0) is 92.0 Å². The number of nitrogen functional groups attached to an aromatic ring is 1. The largest absolute Gasteiger partial charge is 0.485 e. The molecule has 2 aromatic heterocycles. The van der Waals surface area contributed by atoms with Crippen LogP contribution in [0.4, 0.5) is 24.7 Å². The van der Waals surface area contributed by atoms with Crippen LogP contribution in [0.5, 0.6) is 17.2 Å². The van der Waals surface area contributed by atoms with Crippen molar-refractivity contribution >= 4 is 40.1 Å². The summed E-state index contributed by atoms with van der Waals surface area (Å²) in [5.74, 6) is 1.22. The molecule has 13 heteroatoms. The lowest BCUT2D eigenvalue weighted by atomic mass is 10.0. The fourth-order valence-electron chi connectivity index (χ4n) is 7.00. The van der Waals surface area contributed by atoms with Crippen molar-refractivity contribution in [3.63, 3.8) is 0 Å². The number of aromatic nitrogens is 3. The van der Waals surface area contributed by atoms with Gasteiger partial charge in [0.25, 0.3) is 6.43 Å². The number of nitrogens with one attached hydrogen (secondary N) is 2. The van der Waals surface area contributed by atoms with Gasteiger partial charge in [-0.25, -0.2) is 17.9 Å². The van der Waals surface area contributed by atoms with Crippen molar-refractivity contribution in [1.82, 2.24) is 19.5 Å². The van der Waals surface area contributed by atoms with E-state index in [1.165, 1.54) is 16.9 Å². The molecule has 1 saturated carbocycles. The molecule has 2 aliphatic rings. The van der Waals surface area contributed by atoms with E-state index in [9.17, 15) is 18.0 Å². The van der Waals surface area contributed by atoms with Crippen molar-refractivity contribution in [3.05, 3.63) is 89.5 Å². The number of nitrogens with zero attached hydrogens (tertiary/aromatic N) is 3. The van der Waals surface area contributed by atoms with Crippen LogP contribution in [0.1, 0.15) is 34.5 Å². The van der Waals surface area contributed by atoms with Gasteiger partial charge < -0.3 is 25.1 Å². The Hall–Kier alpha value is -4.62. The molecule has 0 radical (unpaired) electrons. The van der Waals surface area contributed by atoms with Gasteiger partial charge in [-0.2, -0.15) is 5.10 Å². The molecule has 7 rings (SSSR count). The number of para-hydroxylation sites is 1. The first kappa shape index (κ1) is 32.0. The molecule has 0 amide bonds. The molecular formula is C35H35F3N6O3S. The standard InChI is InChI=1S/C35H35F3N6O3S/c1-19-9-24(47-31-6-4-3-5-26(31)36)7-8-29(19)44-35(39)25(15-40-44)34(45)28-12-20-13-32(46-18-33(37)38)30(14-27(20)41-28)43-16-21-10-23(42-48-2)11-22(21)17-43/h3-9,12-15,21-23,33,41-42H,10-11,16-18,39H2,1-2H3. The van der Waals surface area contributed by atoms with Gasteiger partial charge in [-0.15, -0.1) is 0 Å². The zero-order valence-corrected chi connectivity index (χ0v) is 27.2. The summed E-state index contributed by atoms with van der Waals surface area (Å²) < 4.78 is 56.8. The number of alkyl halides is 2. The summed E-state index contributed by atoms with van der Waals surface area (Å²) in [7, 11) is 0. The number of H-pyrrole nitrogens is 1. The number of nitrogens with two attached hydrogens (primary N) is 1. The highest BCUT2D eigenvalue weighted by molar-refractivity contribution is 7.96. The number of benzene rings is 3. The van der Waals surface area contributed by atoms with E-state index < -0.39 is 18.8 Å². The fraction of sp³-hybridized carbons (Fsp3) is 0.314. The molecular weight excluding hydrogens is 641 g/mol. The van der Waals surface area contributed by atoms with Crippen LogP contribution in [0.25, 0.3) is 16.6 Å². The van der Waals surface area contributed by atoms with E-state index in [2.05, 4.69) is 19.7 Å². The van der Waals surface area contributed by atoms with Crippen molar-refractivity contribution < 1.29 is 27.4 Å². The van der Waals surface area contributed by atoms with E-state index in [0.29, 0.717) is 46.0 Å². The highest BCUT2D eigenvalue weighted by Crippen LogP contribution is 2.44. The Morgan fingerprint density at radius 1 is 1.08 bits per heavy atom. The van der Waals surface area contributed by atoms with Gasteiger partial charge in [-0.1, -0.05) is 24.1 Å². The molecule has 250 valence electrons. The van der Waals surface area contributed by atoms with E-state index in [-0.39, 0.29) is 28.6 Å². The number of hydrogen-bond donors (Lipinski definition) is 3. The predicted molar refractivity (Wildman–Crippen MR) is 181 cm³/mol. The number of carbonyl (C=O) groups excluding carboxylic acids is 1. The third-order valence-corrected chi connectivity index (χ3v) is 9.77. The third-order valence-electron chi connectivity index (χ3n) is 9.20. The molecule has 2 fully saturated rings. The van der Waals surface area contributed by atoms with Gasteiger partial charge in [-0.3, -0.25) is 9.52 Å². The second-order valence-corrected chi connectivity index (χ2v) is 13.0. The van der Waals surface area contributed by atoms with E-state index in [1.807, 2.05) is 19.2 Å². The lowest BCUT2D eigenvalue weighted by molar-refractivity contribution is 0.0822. The second-order valence-electron chi connectivity index (χ2n) is 12.4. The molecule has 3 aromatic carbocycles. The topological polar surface area (TPSA) is 110 Å². The zero-order chi connectivity index (χ0) is 33.5. The Balaban J connectivity index is 1.14. The van der Waals surface area contributed by atoms with Crippen LogP contribution < -0.4 is 24.8 Å². The minimum atomic E-state index is -2.62. The average molecular weight is 677 g/mol. The number of aromatic amines is 1. The van der Waals surface area contributed by atoms with Crippen LogP contribution >= 0.6 is 11.9 Å². The van der Waals surface area contributed by atoms with Crippen LogP contribution in [-0.2, 0) is 0 Å². The summed E-state index contributed by atoms with van der Waals surface area (Å²) in [4.78, 5) is 19.2. The Bertz CT molecular complexity index is 1970. The molecule has 48 heavy (non-hydrogen) atoms. The van der Waals surface area contributed by atoms with Gasteiger partial charge in [0.2, 0.25) is 5.78 Å². The lowest BCUT2D eigenvalue weighted by Gasteiger charge is -2.24. The van der Waals surface area contributed by atoms with Crippen molar-refractivity contribution in [2.45, 2.75) is 32.2 Å². The van der Waals surface area contributed by atoms with Gasteiger partial charge in [0.05, 0.1) is 28.8 Å². The smallest absolute Gasteiger partial charge is 0.272 e. The van der Waals surface area contributed by atoms with Gasteiger partial charge in [0, 0.05) is 30.0 Å². The van der Waals surface area contributed by atoms with E-state index in [1.54, 1.807) is 60.5 Å². The first-order chi connectivity index (χ1) is 23.2. The first-order valence-electron chi connectivity index (χ1n) is 15.7. The fourth-order valence-corrected chi connectivity index (χ4v) is 7.53. The summed E-state index contributed by atoms with van der Waals surface area (Å²) >= 11 is 1.64. The quantitative estimate of drug-likeness (QED) is 0.100. The number of carbonyl (C=O) groups is 1. The normalized spacial score (nSPS) is 19.0. The number of hydrogen-bond acceptors (Lipinski definition) is 8. The Morgan fingerprint density at radius 2 is 1.85 bits per heavy atom. The Morgan fingerprint density at radius 3 is 2.56 bits per heavy atom. The van der Waals surface area contributed by atoms with E-state index in [4.69, 9.17) is 15.2 Å². The first-order valence-corrected chi connectivity index (χ1v) is 16.9. The number of ketones is 1. The maximum absolute atomic E-state index is 14.1. The predicted octanol–water partition coefficient (Wildman–Crippen LogP) is 7.13. The van der Waals surface area contributed by atoms with Crippen LogP contribution in [0.15, 0.2) is 66.9 Å². The Kier molecular flexibility index (Phi) is 8.73. The second kappa shape index (κ2) is 13.1. The molecule has 3 heterocycles. The molecule has 5 aromatic rings. The number of rotatable bonds is 11. The van der Waals surface area contributed by atoms with Gasteiger partial charge in [0.15, 0.2) is 11.6 Å². The summed E-state index contributed by atoms with van der Waals surface area (Å²) in [5.41, 5.74) is 9.74. The monoisotopic (exact) mass is 676 g/mol. The molecule has 1 aliphatic heterocycles. The molecule has 4 N–H and O–H groups in total. The average Bonchev–Trinajstić information content (AvgIpc) is 3.83. The van der Waals surface area contributed by atoms with Gasteiger partial charge >= 0.3 is 0 Å². The number of aryl methyl sites for hydroxylation is 1. The SMILES string of the molecule is CSNC1CC2CN(c3cc4[nH]c(C(=O)c5cnn(-c6ccc(Oc7ccccc7F)cc6C)c5N)cc4cc3OCC(F)F)CC2C1. The molecule has 0 bridgehead atoms. The van der Waals surface area contributed by atoms with Crippen LogP contribution in [0.3, 0.4) is 0 Å². The van der Waals surface area contributed by atoms with Gasteiger partial charge in [0.1, 0.15) is 23.9 Å². The molecule has 1 aliphatic carbocycles.